The second-order valence-electron chi connectivity index (χ2n) is 4.11. The number of halogens is 1. The quantitative estimate of drug-likeness (QED) is 0.651. The molecule has 0 spiro atoms. The lowest BCUT2D eigenvalue weighted by Gasteiger charge is -2.05. The summed E-state index contributed by atoms with van der Waals surface area (Å²) < 4.78 is 0. The lowest BCUT2D eigenvalue weighted by atomic mass is 10.1. The summed E-state index contributed by atoms with van der Waals surface area (Å²) >= 11 is 9.01. The molecule has 2 aromatic rings. The van der Waals surface area contributed by atoms with E-state index in [4.69, 9.17) is 11.6 Å². The molecule has 0 saturated heterocycles. The van der Waals surface area contributed by atoms with Crippen LogP contribution in [0.15, 0.2) is 29.6 Å². The Bertz CT molecular complexity index is 586. The summed E-state index contributed by atoms with van der Waals surface area (Å²) in [5, 5.41) is 5.72. The van der Waals surface area contributed by atoms with E-state index < -0.39 is 0 Å². The number of thiazole rings is 1. The number of hydrogen-bond donors (Lipinski definition) is 1. The Morgan fingerprint density at radius 3 is 3.05 bits per heavy atom. The van der Waals surface area contributed by atoms with E-state index in [-0.39, 0.29) is 5.91 Å². The summed E-state index contributed by atoms with van der Waals surface area (Å²) in [6.45, 7) is 0.678. The fourth-order valence-electron chi connectivity index (χ4n) is 1.66. The Balaban J connectivity index is 2.13. The van der Waals surface area contributed by atoms with Gasteiger partial charge in [0.05, 0.1) is 11.6 Å². The number of benzene rings is 1. The molecule has 106 valence electrons. The maximum atomic E-state index is 12.0. The largest absolute Gasteiger partial charge is 0.351 e. The van der Waals surface area contributed by atoms with Gasteiger partial charge in [-0.05, 0) is 18.4 Å². The molecule has 1 heterocycles. The smallest absolute Gasteiger partial charge is 0.251 e. The van der Waals surface area contributed by atoms with Crippen molar-refractivity contribution in [1.29, 1.82) is 0 Å². The molecule has 0 unspecified atom stereocenters. The molecular weight excluding hydrogens is 312 g/mol. The van der Waals surface area contributed by atoms with Crippen molar-refractivity contribution in [3.8, 4) is 10.6 Å². The van der Waals surface area contributed by atoms with E-state index in [1.54, 1.807) is 11.8 Å². The van der Waals surface area contributed by atoms with Crippen LogP contribution in [0.4, 0.5) is 0 Å². The zero-order chi connectivity index (χ0) is 14.4. The Kier molecular flexibility index (Phi) is 5.88. The summed E-state index contributed by atoms with van der Waals surface area (Å²) in [6.07, 6.45) is 2.02. The second-order valence-corrected chi connectivity index (χ2v) is 6.22. The SMILES string of the molecule is CSCCNC(=O)c1cccc(-c2nc(CCl)cs2)c1. The van der Waals surface area contributed by atoms with Crippen molar-refractivity contribution in [1.82, 2.24) is 10.3 Å². The number of rotatable bonds is 6. The van der Waals surface area contributed by atoms with Crippen LogP contribution in [0.25, 0.3) is 10.6 Å². The Hall–Kier alpha value is -1.04. The monoisotopic (exact) mass is 326 g/mol. The molecule has 6 heteroatoms. The first-order chi connectivity index (χ1) is 9.74. The van der Waals surface area contributed by atoms with Crippen molar-refractivity contribution in [3.63, 3.8) is 0 Å². The van der Waals surface area contributed by atoms with Crippen molar-refractivity contribution in [2.45, 2.75) is 5.88 Å². The predicted molar refractivity (Wildman–Crippen MR) is 87.8 cm³/mol. The van der Waals surface area contributed by atoms with E-state index in [0.717, 1.165) is 22.0 Å². The predicted octanol–water partition coefficient (Wildman–Crippen LogP) is 3.64. The van der Waals surface area contributed by atoms with E-state index >= 15 is 0 Å². The first-order valence-corrected chi connectivity index (χ1v) is 8.93. The highest BCUT2D eigenvalue weighted by molar-refractivity contribution is 7.98. The highest BCUT2D eigenvalue weighted by Gasteiger charge is 2.09. The van der Waals surface area contributed by atoms with Gasteiger partial charge in [0.2, 0.25) is 0 Å². The summed E-state index contributed by atoms with van der Waals surface area (Å²) in [4.78, 5) is 16.4. The molecule has 3 nitrogen and oxygen atoms in total. The number of thioether (sulfide) groups is 1. The third kappa shape index (κ3) is 3.98. The molecule has 1 aromatic heterocycles. The van der Waals surface area contributed by atoms with E-state index in [2.05, 4.69) is 10.3 Å². The topological polar surface area (TPSA) is 42.0 Å². The zero-order valence-corrected chi connectivity index (χ0v) is 13.4. The van der Waals surface area contributed by atoms with Gasteiger partial charge in [-0.1, -0.05) is 12.1 Å². The average molecular weight is 327 g/mol. The van der Waals surface area contributed by atoms with E-state index in [0.29, 0.717) is 18.0 Å². The van der Waals surface area contributed by atoms with Crippen LogP contribution in [-0.2, 0) is 5.88 Å². The highest BCUT2D eigenvalue weighted by Crippen LogP contribution is 2.25. The van der Waals surface area contributed by atoms with Crippen molar-refractivity contribution in [2.75, 3.05) is 18.6 Å². The van der Waals surface area contributed by atoms with Gasteiger partial charge < -0.3 is 5.32 Å². The van der Waals surface area contributed by atoms with Crippen LogP contribution >= 0.6 is 34.7 Å². The average Bonchev–Trinajstić information content (AvgIpc) is 2.96. The van der Waals surface area contributed by atoms with Crippen LogP contribution in [-0.4, -0.2) is 29.4 Å². The van der Waals surface area contributed by atoms with Gasteiger partial charge in [-0.2, -0.15) is 11.8 Å². The molecule has 0 radical (unpaired) electrons. The molecule has 0 aliphatic carbocycles. The van der Waals surface area contributed by atoms with Gasteiger partial charge in [-0.3, -0.25) is 4.79 Å². The molecule has 2 rings (SSSR count). The van der Waals surface area contributed by atoms with Gasteiger partial charge in [-0.25, -0.2) is 4.98 Å². The molecule has 1 N–H and O–H groups in total. The fraction of sp³-hybridized carbons (Fsp3) is 0.286. The summed E-state index contributed by atoms with van der Waals surface area (Å²) in [5.74, 6) is 1.28. The highest BCUT2D eigenvalue weighted by atomic mass is 35.5. The van der Waals surface area contributed by atoms with Crippen molar-refractivity contribution in [3.05, 3.63) is 40.9 Å². The summed E-state index contributed by atoms with van der Waals surface area (Å²) in [5.41, 5.74) is 2.47. The van der Waals surface area contributed by atoms with Crippen LogP contribution < -0.4 is 5.32 Å². The number of carbonyl (C=O) groups excluding carboxylic acids is 1. The van der Waals surface area contributed by atoms with Crippen LogP contribution in [0.2, 0.25) is 0 Å². The standard InChI is InChI=1S/C14H15ClN2OS2/c1-19-6-5-16-13(18)10-3-2-4-11(7-10)14-17-12(8-15)9-20-14/h2-4,7,9H,5-6,8H2,1H3,(H,16,18). The number of amides is 1. The zero-order valence-electron chi connectivity index (χ0n) is 11.1. The van der Waals surface area contributed by atoms with Crippen LogP contribution in [0.5, 0.6) is 0 Å². The van der Waals surface area contributed by atoms with E-state index in [9.17, 15) is 4.79 Å². The first-order valence-electron chi connectivity index (χ1n) is 6.12. The van der Waals surface area contributed by atoms with Gasteiger partial charge in [0, 0.05) is 28.8 Å². The molecular formula is C14H15ClN2OS2. The van der Waals surface area contributed by atoms with Gasteiger partial charge in [0.25, 0.3) is 5.91 Å². The van der Waals surface area contributed by atoms with Gasteiger partial charge >= 0.3 is 0 Å². The van der Waals surface area contributed by atoms with Crippen molar-refractivity contribution >= 4 is 40.6 Å². The van der Waals surface area contributed by atoms with Crippen LogP contribution in [0, 0.1) is 0 Å². The van der Waals surface area contributed by atoms with Crippen molar-refractivity contribution < 1.29 is 4.79 Å². The molecule has 1 aromatic carbocycles. The van der Waals surface area contributed by atoms with Gasteiger partial charge in [-0.15, -0.1) is 22.9 Å². The Morgan fingerprint density at radius 1 is 1.50 bits per heavy atom. The Morgan fingerprint density at radius 2 is 2.35 bits per heavy atom. The number of nitrogens with zero attached hydrogens (tertiary/aromatic N) is 1. The Labute approximate surface area is 131 Å². The number of carbonyl (C=O) groups is 1. The lowest BCUT2D eigenvalue weighted by molar-refractivity contribution is 0.0956. The molecule has 0 fully saturated rings. The maximum absolute atomic E-state index is 12.0. The minimum Gasteiger partial charge on any atom is -0.351 e. The van der Waals surface area contributed by atoms with Crippen LogP contribution in [0.1, 0.15) is 16.1 Å². The molecule has 0 aliphatic heterocycles. The molecule has 20 heavy (non-hydrogen) atoms. The molecule has 1 amide bonds. The third-order valence-corrected chi connectivity index (χ3v) is 4.48. The number of alkyl halides is 1. The summed E-state index contributed by atoms with van der Waals surface area (Å²) in [6, 6.07) is 7.51. The first kappa shape index (κ1) is 15.4. The van der Waals surface area contributed by atoms with Gasteiger partial charge in [0.15, 0.2) is 0 Å². The number of hydrogen-bond acceptors (Lipinski definition) is 4. The van der Waals surface area contributed by atoms with Crippen molar-refractivity contribution in [2.24, 2.45) is 0 Å². The van der Waals surface area contributed by atoms with Crippen LogP contribution in [0.3, 0.4) is 0 Å². The molecule has 0 bridgehead atoms. The molecule has 0 aliphatic rings. The third-order valence-electron chi connectivity index (χ3n) is 2.65. The molecule has 0 atom stereocenters. The minimum absolute atomic E-state index is 0.0463. The van der Waals surface area contributed by atoms with Gasteiger partial charge in [0.1, 0.15) is 5.01 Å². The summed E-state index contributed by atoms with van der Waals surface area (Å²) in [7, 11) is 0. The van der Waals surface area contributed by atoms with E-state index in [1.807, 2.05) is 35.9 Å². The lowest BCUT2D eigenvalue weighted by Crippen LogP contribution is -2.25. The molecule has 0 saturated carbocycles. The number of aromatic nitrogens is 1. The fourth-order valence-corrected chi connectivity index (χ4v) is 3.01. The minimum atomic E-state index is -0.0463. The van der Waals surface area contributed by atoms with E-state index in [1.165, 1.54) is 11.3 Å². The normalized spacial score (nSPS) is 10.5. The maximum Gasteiger partial charge on any atom is 0.251 e. The number of nitrogens with one attached hydrogen (secondary N) is 1. The second kappa shape index (κ2) is 7.67.